The Labute approximate surface area is 280 Å². The highest BCUT2D eigenvalue weighted by atomic mass is 16.3. The molecule has 0 saturated carbocycles. The summed E-state index contributed by atoms with van der Waals surface area (Å²) >= 11 is 0. The van der Waals surface area contributed by atoms with Crippen LogP contribution in [0.5, 0.6) is 0 Å². The lowest BCUT2D eigenvalue weighted by molar-refractivity contribution is 0.673. The number of fused-ring (bicyclic) bond motifs is 10. The third-order valence-corrected chi connectivity index (χ3v) is 9.78. The van der Waals surface area contributed by atoms with E-state index < -0.39 is 0 Å². The summed E-state index contributed by atoms with van der Waals surface area (Å²) in [7, 11) is 0. The predicted octanol–water partition coefficient (Wildman–Crippen LogP) is 11.2. The van der Waals surface area contributed by atoms with Gasteiger partial charge in [0.25, 0.3) is 0 Å². The second-order valence-electron chi connectivity index (χ2n) is 12.4. The van der Waals surface area contributed by atoms with Crippen LogP contribution in [0.4, 0.5) is 0 Å². The zero-order valence-corrected chi connectivity index (χ0v) is 26.1. The highest BCUT2D eigenvalue weighted by molar-refractivity contribution is 6.24. The third kappa shape index (κ3) is 3.85. The molecule has 3 heterocycles. The Hall–Kier alpha value is -7.08. The molecule has 0 fully saturated rings. The molecule has 0 aliphatic rings. The van der Waals surface area contributed by atoms with Crippen LogP contribution in [-0.4, -0.2) is 9.13 Å². The Bertz CT molecular complexity index is 3070. The van der Waals surface area contributed by atoms with Gasteiger partial charge in [0.15, 0.2) is 0 Å². The van der Waals surface area contributed by atoms with Gasteiger partial charge in [0.2, 0.25) is 0 Å². The molecule has 7 aromatic carbocycles. The Morgan fingerprint density at radius 3 is 1.94 bits per heavy atom. The minimum absolute atomic E-state index is 0.437. The average Bonchev–Trinajstić information content (AvgIpc) is 3.82. The smallest absolute Gasteiger partial charge is 0.145 e. The van der Waals surface area contributed by atoms with Crippen LogP contribution in [0, 0.1) is 22.7 Å². The van der Waals surface area contributed by atoms with Gasteiger partial charge in [0.05, 0.1) is 50.3 Å². The Kier molecular flexibility index (Phi) is 5.64. The first-order chi connectivity index (χ1) is 24.2. The van der Waals surface area contributed by atoms with Gasteiger partial charge in [0.1, 0.15) is 17.2 Å². The van der Waals surface area contributed by atoms with Crippen LogP contribution in [0.1, 0.15) is 11.1 Å². The maximum absolute atomic E-state index is 10.2. The first-order valence-electron chi connectivity index (χ1n) is 16.1. The molecule has 0 N–H and O–H groups in total. The topological polar surface area (TPSA) is 70.6 Å². The van der Waals surface area contributed by atoms with Crippen molar-refractivity contribution in [2.75, 3.05) is 0 Å². The van der Waals surface area contributed by atoms with Crippen LogP contribution >= 0.6 is 0 Å². The summed E-state index contributed by atoms with van der Waals surface area (Å²) in [6.07, 6.45) is 0. The van der Waals surface area contributed by atoms with E-state index >= 15 is 0 Å². The van der Waals surface area contributed by atoms with Crippen molar-refractivity contribution in [3.05, 3.63) is 157 Å². The molecule has 10 aromatic rings. The van der Waals surface area contributed by atoms with E-state index in [2.05, 4.69) is 124 Å². The number of nitrogens with zero attached hydrogens (tertiary/aromatic N) is 4. The van der Waals surface area contributed by atoms with Gasteiger partial charge >= 0.3 is 0 Å². The summed E-state index contributed by atoms with van der Waals surface area (Å²) < 4.78 is 11.0. The first-order valence-corrected chi connectivity index (χ1v) is 16.1. The van der Waals surface area contributed by atoms with E-state index in [0.29, 0.717) is 11.1 Å². The molecule has 0 amide bonds. The quantitative estimate of drug-likeness (QED) is 0.196. The van der Waals surface area contributed by atoms with Gasteiger partial charge in [-0.2, -0.15) is 10.5 Å². The molecule has 49 heavy (non-hydrogen) atoms. The Balaban J connectivity index is 1.27. The Morgan fingerprint density at radius 2 is 1.14 bits per heavy atom. The van der Waals surface area contributed by atoms with Gasteiger partial charge in [0, 0.05) is 32.6 Å². The molecule has 0 bridgehead atoms. The number of hydrogen-bond acceptors (Lipinski definition) is 3. The van der Waals surface area contributed by atoms with Crippen LogP contribution < -0.4 is 0 Å². The van der Waals surface area contributed by atoms with Crippen molar-refractivity contribution in [1.82, 2.24) is 9.13 Å². The summed E-state index contributed by atoms with van der Waals surface area (Å²) in [5.41, 5.74) is 10.8. The van der Waals surface area contributed by atoms with Crippen molar-refractivity contribution in [1.29, 1.82) is 10.5 Å². The van der Waals surface area contributed by atoms with E-state index in [1.807, 2.05) is 30.3 Å². The van der Waals surface area contributed by atoms with Crippen molar-refractivity contribution in [2.24, 2.45) is 0 Å². The van der Waals surface area contributed by atoms with Crippen LogP contribution in [0.2, 0.25) is 0 Å². The fourth-order valence-corrected chi connectivity index (χ4v) is 7.62. The molecule has 10 rings (SSSR count). The zero-order valence-electron chi connectivity index (χ0n) is 26.1. The van der Waals surface area contributed by atoms with E-state index in [-0.39, 0.29) is 0 Å². The molecule has 5 heteroatoms. The maximum atomic E-state index is 10.2. The average molecular weight is 625 g/mol. The normalized spacial score (nSPS) is 11.6. The molecule has 0 unspecified atom stereocenters. The lowest BCUT2D eigenvalue weighted by Gasteiger charge is -2.11. The molecule has 0 radical (unpaired) electrons. The summed E-state index contributed by atoms with van der Waals surface area (Å²) in [4.78, 5) is 0. The van der Waals surface area contributed by atoms with Gasteiger partial charge in [-0.05, 0) is 90.0 Å². The van der Waals surface area contributed by atoms with Gasteiger partial charge in [-0.15, -0.1) is 0 Å². The lowest BCUT2D eigenvalue weighted by atomic mass is 10.00. The number of benzene rings is 7. The summed E-state index contributed by atoms with van der Waals surface area (Å²) in [5, 5.41) is 26.2. The minimum atomic E-state index is 0.437. The van der Waals surface area contributed by atoms with Crippen LogP contribution in [0.3, 0.4) is 0 Å². The summed E-state index contributed by atoms with van der Waals surface area (Å²) in [6.45, 7) is 0. The fourth-order valence-electron chi connectivity index (χ4n) is 7.62. The molecule has 0 aliphatic carbocycles. The third-order valence-electron chi connectivity index (χ3n) is 9.78. The molecule has 0 aliphatic heterocycles. The second-order valence-corrected chi connectivity index (χ2v) is 12.4. The molecule has 0 atom stereocenters. The first kappa shape index (κ1) is 27.1. The van der Waals surface area contributed by atoms with Crippen LogP contribution in [0.15, 0.2) is 150 Å². The number of hydrogen-bond donors (Lipinski definition) is 0. The number of nitriles is 2. The molecule has 226 valence electrons. The summed E-state index contributed by atoms with van der Waals surface area (Å²) in [6, 6.07) is 54.4. The SMILES string of the molecule is N#Cc1ccc(-n2c3ccc(-c4ccc5c(c4)c4ccccc4n5-c4ccccc4)cc3c3c4oc5ccccc5c4ccc32)c(C#N)c1. The zero-order chi connectivity index (χ0) is 32.6. The van der Waals surface area contributed by atoms with Crippen molar-refractivity contribution in [3.8, 4) is 34.6 Å². The largest absolute Gasteiger partial charge is 0.455 e. The van der Waals surface area contributed by atoms with E-state index in [9.17, 15) is 10.5 Å². The van der Waals surface area contributed by atoms with Gasteiger partial charge < -0.3 is 13.6 Å². The Morgan fingerprint density at radius 1 is 0.469 bits per heavy atom. The van der Waals surface area contributed by atoms with Crippen molar-refractivity contribution in [3.63, 3.8) is 0 Å². The standard InChI is InChI=1S/C44H24N4O/c45-25-27-14-18-37(30(22-27)26-46)48-40-20-16-29(24-36(40)43-41(48)21-17-34-33-11-5-7-13-42(33)49-44(34)43)28-15-19-39-35(23-28)32-10-4-6-12-38(32)47(39)31-8-2-1-3-9-31/h1-24H. The molecule has 0 saturated heterocycles. The number of rotatable bonds is 3. The lowest BCUT2D eigenvalue weighted by Crippen LogP contribution is -1.98. The van der Waals surface area contributed by atoms with Crippen molar-refractivity contribution >= 4 is 65.6 Å². The number of furan rings is 1. The monoisotopic (exact) mass is 624 g/mol. The molecule has 0 spiro atoms. The number of aromatic nitrogens is 2. The van der Waals surface area contributed by atoms with E-state index in [1.54, 1.807) is 12.1 Å². The van der Waals surface area contributed by atoms with Crippen LogP contribution in [-0.2, 0) is 0 Å². The van der Waals surface area contributed by atoms with Gasteiger partial charge in [-0.1, -0.05) is 66.7 Å². The predicted molar refractivity (Wildman–Crippen MR) is 197 cm³/mol. The van der Waals surface area contributed by atoms with Crippen molar-refractivity contribution < 1.29 is 4.42 Å². The maximum Gasteiger partial charge on any atom is 0.145 e. The molecule has 5 nitrogen and oxygen atoms in total. The fraction of sp³-hybridized carbons (Fsp3) is 0. The molecular weight excluding hydrogens is 601 g/mol. The van der Waals surface area contributed by atoms with E-state index in [1.165, 1.54) is 16.3 Å². The molecular formula is C44H24N4O. The highest BCUT2D eigenvalue weighted by Crippen LogP contribution is 2.43. The highest BCUT2D eigenvalue weighted by Gasteiger charge is 2.21. The second kappa shape index (κ2) is 10.2. The summed E-state index contributed by atoms with van der Waals surface area (Å²) in [5.74, 6) is 0. The minimum Gasteiger partial charge on any atom is -0.455 e. The van der Waals surface area contributed by atoms with Crippen molar-refractivity contribution in [2.45, 2.75) is 0 Å². The van der Waals surface area contributed by atoms with E-state index in [0.717, 1.165) is 71.8 Å². The van der Waals surface area contributed by atoms with Crippen LogP contribution in [0.25, 0.3) is 88.1 Å². The van der Waals surface area contributed by atoms with Gasteiger partial charge in [-0.25, -0.2) is 0 Å². The molecule has 3 aromatic heterocycles. The van der Waals surface area contributed by atoms with Gasteiger partial charge in [-0.3, -0.25) is 0 Å². The number of para-hydroxylation sites is 3. The van der Waals surface area contributed by atoms with E-state index in [4.69, 9.17) is 4.42 Å².